The van der Waals surface area contributed by atoms with Gasteiger partial charge in [-0.2, -0.15) is 0 Å². The van der Waals surface area contributed by atoms with Crippen LogP contribution in [0.2, 0.25) is 5.02 Å². The number of hydrogen-bond donors (Lipinski definition) is 0. The van der Waals surface area contributed by atoms with Crippen LogP contribution < -0.4 is 0 Å². The summed E-state index contributed by atoms with van der Waals surface area (Å²) < 4.78 is 11.2. The molecule has 0 N–H and O–H groups in total. The van der Waals surface area contributed by atoms with Gasteiger partial charge in [-0.15, -0.1) is 0 Å². The van der Waals surface area contributed by atoms with E-state index in [1.807, 2.05) is 12.1 Å². The fraction of sp³-hybridized carbons (Fsp3) is 0.684. The van der Waals surface area contributed by atoms with Gasteiger partial charge in [-0.3, -0.25) is 4.90 Å². The van der Waals surface area contributed by atoms with Crippen molar-refractivity contribution in [2.45, 2.75) is 18.9 Å². The Balaban J connectivity index is 1.45. The average Bonchev–Trinajstić information content (AvgIpc) is 2.62. The number of nitrogens with zero attached hydrogens (tertiary/aromatic N) is 2. The van der Waals surface area contributed by atoms with Gasteiger partial charge < -0.3 is 14.4 Å². The Morgan fingerprint density at radius 1 is 1.12 bits per heavy atom. The molecule has 0 amide bonds. The smallest absolute Gasteiger partial charge is 0.0952 e. The lowest BCUT2D eigenvalue weighted by atomic mass is 9.95. The fourth-order valence-corrected chi connectivity index (χ4v) is 3.85. The molecule has 1 unspecified atom stereocenters. The van der Waals surface area contributed by atoms with Crippen LogP contribution in [0.5, 0.6) is 0 Å². The zero-order valence-corrected chi connectivity index (χ0v) is 15.4. The van der Waals surface area contributed by atoms with E-state index >= 15 is 0 Å². The van der Waals surface area contributed by atoms with Crippen LogP contribution in [0.15, 0.2) is 24.3 Å². The van der Waals surface area contributed by atoms with Crippen LogP contribution in [0.3, 0.4) is 0 Å². The predicted molar refractivity (Wildman–Crippen MR) is 97.6 cm³/mol. The highest BCUT2D eigenvalue weighted by Crippen LogP contribution is 2.26. The molecular weight excluding hydrogens is 324 g/mol. The van der Waals surface area contributed by atoms with Crippen LogP contribution in [0.1, 0.15) is 24.5 Å². The molecule has 1 atom stereocenters. The van der Waals surface area contributed by atoms with Crippen molar-refractivity contribution >= 4 is 11.6 Å². The minimum atomic E-state index is 0.179. The van der Waals surface area contributed by atoms with E-state index in [2.05, 4.69) is 21.9 Å². The standard InChI is InChI=1S/C19H29ClN2O2/c1-23-12-10-21-8-6-16(7-9-21)14-22-11-13-24-19(15-22)17-2-4-18(20)5-3-17/h2-5,16,19H,6-15H2,1H3. The molecule has 2 heterocycles. The van der Waals surface area contributed by atoms with Gasteiger partial charge in [0.25, 0.3) is 0 Å². The molecule has 2 fully saturated rings. The summed E-state index contributed by atoms with van der Waals surface area (Å²) in [4.78, 5) is 5.11. The zero-order valence-electron chi connectivity index (χ0n) is 14.6. The predicted octanol–water partition coefficient (Wildman–Crippen LogP) is 3.07. The molecule has 3 rings (SSSR count). The van der Waals surface area contributed by atoms with Gasteiger partial charge in [0, 0.05) is 38.3 Å². The summed E-state index contributed by atoms with van der Waals surface area (Å²) in [5.41, 5.74) is 1.23. The van der Waals surface area contributed by atoms with E-state index in [0.29, 0.717) is 0 Å². The maximum Gasteiger partial charge on any atom is 0.0952 e. The van der Waals surface area contributed by atoms with Crippen molar-refractivity contribution in [1.29, 1.82) is 0 Å². The van der Waals surface area contributed by atoms with Crippen LogP contribution in [0.25, 0.3) is 0 Å². The third-order valence-electron chi connectivity index (χ3n) is 5.23. The number of benzene rings is 1. The SMILES string of the molecule is COCCN1CCC(CN2CCOC(c3ccc(Cl)cc3)C2)CC1. The van der Waals surface area contributed by atoms with Crippen molar-refractivity contribution in [2.24, 2.45) is 5.92 Å². The summed E-state index contributed by atoms with van der Waals surface area (Å²) in [6.45, 7) is 8.39. The molecule has 0 bridgehead atoms. The maximum atomic E-state index is 5.99. The monoisotopic (exact) mass is 352 g/mol. The molecule has 1 aromatic carbocycles. The van der Waals surface area contributed by atoms with Crippen molar-refractivity contribution in [1.82, 2.24) is 9.80 Å². The number of piperidine rings is 1. The van der Waals surface area contributed by atoms with Crippen LogP contribution >= 0.6 is 11.6 Å². The number of hydrogen-bond acceptors (Lipinski definition) is 4. The molecule has 2 saturated heterocycles. The van der Waals surface area contributed by atoms with Gasteiger partial charge in [-0.25, -0.2) is 0 Å². The van der Waals surface area contributed by atoms with Gasteiger partial charge >= 0.3 is 0 Å². The quantitative estimate of drug-likeness (QED) is 0.785. The van der Waals surface area contributed by atoms with Crippen LogP contribution in [-0.4, -0.2) is 69.4 Å². The van der Waals surface area contributed by atoms with Gasteiger partial charge in [0.1, 0.15) is 0 Å². The second-order valence-corrected chi connectivity index (χ2v) is 7.38. The molecule has 2 aliphatic heterocycles. The topological polar surface area (TPSA) is 24.9 Å². The van der Waals surface area contributed by atoms with E-state index in [4.69, 9.17) is 21.1 Å². The highest BCUT2D eigenvalue weighted by molar-refractivity contribution is 6.30. The largest absolute Gasteiger partial charge is 0.383 e. The number of morpholine rings is 1. The molecule has 0 spiro atoms. The molecule has 134 valence electrons. The lowest BCUT2D eigenvalue weighted by molar-refractivity contribution is -0.0374. The Morgan fingerprint density at radius 2 is 1.88 bits per heavy atom. The molecule has 2 aliphatic rings. The number of likely N-dealkylation sites (tertiary alicyclic amines) is 1. The molecule has 24 heavy (non-hydrogen) atoms. The molecule has 5 heteroatoms. The van der Waals surface area contributed by atoms with Crippen LogP contribution in [-0.2, 0) is 9.47 Å². The van der Waals surface area contributed by atoms with Gasteiger partial charge in [0.2, 0.25) is 0 Å². The third-order valence-corrected chi connectivity index (χ3v) is 5.48. The lowest BCUT2D eigenvalue weighted by Gasteiger charge is -2.38. The van der Waals surface area contributed by atoms with Crippen molar-refractivity contribution in [3.8, 4) is 0 Å². The highest BCUT2D eigenvalue weighted by atomic mass is 35.5. The van der Waals surface area contributed by atoms with Crippen molar-refractivity contribution in [3.05, 3.63) is 34.9 Å². The number of ether oxygens (including phenoxy) is 2. The fourth-order valence-electron chi connectivity index (χ4n) is 3.73. The van der Waals surface area contributed by atoms with Crippen LogP contribution in [0.4, 0.5) is 0 Å². The summed E-state index contributed by atoms with van der Waals surface area (Å²) in [5.74, 6) is 0.813. The first kappa shape index (κ1) is 18.2. The second-order valence-electron chi connectivity index (χ2n) is 6.95. The minimum Gasteiger partial charge on any atom is -0.383 e. The minimum absolute atomic E-state index is 0.179. The molecule has 1 aromatic rings. The Kier molecular flexibility index (Phi) is 6.93. The van der Waals surface area contributed by atoms with Gasteiger partial charge in [0.05, 0.1) is 19.3 Å². The zero-order chi connectivity index (χ0) is 16.8. The Bertz CT molecular complexity index is 489. The summed E-state index contributed by atoms with van der Waals surface area (Å²) in [6, 6.07) is 8.08. The van der Waals surface area contributed by atoms with Gasteiger partial charge in [-0.05, 0) is 49.5 Å². The molecule has 0 radical (unpaired) electrons. The molecule has 4 nitrogen and oxygen atoms in total. The van der Waals surface area contributed by atoms with E-state index in [-0.39, 0.29) is 6.10 Å². The van der Waals surface area contributed by atoms with E-state index in [0.717, 1.165) is 43.8 Å². The second kappa shape index (κ2) is 9.16. The summed E-state index contributed by atoms with van der Waals surface area (Å²) >= 11 is 5.99. The first-order valence-electron chi connectivity index (χ1n) is 9.05. The van der Waals surface area contributed by atoms with E-state index < -0.39 is 0 Å². The third kappa shape index (κ3) is 5.17. The van der Waals surface area contributed by atoms with Crippen molar-refractivity contribution in [2.75, 3.05) is 59.6 Å². The first-order valence-corrected chi connectivity index (χ1v) is 9.43. The summed E-state index contributed by atoms with van der Waals surface area (Å²) in [6.07, 6.45) is 2.78. The van der Waals surface area contributed by atoms with Crippen molar-refractivity contribution in [3.63, 3.8) is 0 Å². The van der Waals surface area contributed by atoms with E-state index in [1.54, 1.807) is 7.11 Å². The number of halogens is 1. The van der Waals surface area contributed by atoms with Crippen molar-refractivity contribution < 1.29 is 9.47 Å². The Morgan fingerprint density at radius 3 is 2.58 bits per heavy atom. The molecule has 0 saturated carbocycles. The molecular formula is C19H29ClN2O2. The Labute approximate surface area is 150 Å². The van der Waals surface area contributed by atoms with E-state index in [1.165, 1.54) is 38.0 Å². The first-order chi connectivity index (χ1) is 11.7. The molecule has 0 aliphatic carbocycles. The Hall–Kier alpha value is -0.650. The highest BCUT2D eigenvalue weighted by Gasteiger charge is 2.26. The number of rotatable bonds is 6. The average molecular weight is 353 g/mol. The normalized spacial score (nSPS) is 24.3. The number of methoxy groups -OCH3 is 1. The lowest BCUT2D eigenvalue weighted by Crippen LogP contribution is -2.44. The maximum absolute atomic E-state index is 5.99. The summed E-state index contributed by atoms with van der Waals surface area (Å²) in [7, 11) is 1.78. The summed E-state index contributed by atoms with van der Waals surface area (Å²) in [5, 5.41) is 0.784. The van der Waals surface area contributed by atoms with E-state index in [9.17, 15) is 0 Å². The van der Waals surface area contributed by atoms with Gasteiger partial charge in [0.15, 0.2) is 0 Å². The van der Waals surface area contributed by atoms with Crippen LogP contribution in [0, 0.1) is 5.92 Å². The van der Waals surface area contributed by atoms with Gasteiger partial charge in [-0.1, -0.05) is 23.7 Å². The molecule has 0 aromatic heterocycles.